The lowest BCUT2D eigenvalue weighted by molar-refractivity contribution is -0.138. The number of ether oxygens (including phenoxy) is 1. The second-order valence-corrected chi connectivity index (χ2v) is 8.47. The van der Waals surface area contributed by atoms with Crippen molar-refractivity contribution in [3.05, 3.63) is 87.5 Å². The van der Waals surface area contributed by atoms with Crippen molar-refractivity contribution in [2.75, 3.05) is 7.11 Å². The van der Waals surface area contributed by atoms with Crippen LogP contribution in [0.15, 0.2) is 59.4 Å². The van der Waals surface area contributed by atoms with Crippen LogP contribution in [0.4, 0.5) is 13.2 Å². The Morgan fingerprint density at radius 2 is 1.74 bits per heavy atom. The molecule has 0 saturated carbocycles. The number of hydrogen-bond donors (Lipinski definition) is 3. The maximum atomic E-state index is 13.3. The second kappa shape index (κ2) is 11.2. The first-order valence-corrected chi connectivity index (χ1v) is 11.4. The van der Waals surface area contributed by atoms with E-state index in [0.29, 0.717) is 17.0 Å². The van der Waals surface area contributed by atoms with E-state index < -0.39 is 34.7 Å². The molecule has 0 aliphatic heterocycles. The molecule has 4 aromatic rings. The molecule has 8 nitrogen and oxygen atoms in total. The molecule has 2 aromatic heterocycles. The molecule has 0 unspecified atom stereocenters. The van der Waals surface area contributed by atoms with Gasteiger partial charge < -0.3 is 25.1 Å². The van der Waals surface area contributed by atoms with Crippen LogP contribution in [0, 0.1) is 6.92 Å². The lowest BCUT2D eigenvalue weighted by Crippen LogP contribution is -2.25. The highest BCUT2D eigenvalue weighted by Crippen LogP contribution is 2.36. The number of nitrogens with one attached hydrogen (secondary N) is 1. The molecular weight excluding hydrogens is 503 g/mol. The SMILES string of the molecule is COc1c(C(N)=O)[nH]c2ccccc12.Cc1cc(C(F)(F)F)c(-c2ccc(CCC(=O)O)cc2)c(=O)n1C. The van der Waals surface area contributed by atoms with E-state index in [0.717, 1.165) is 17.0 Å². The second-order valence-electron chi connectivity index (χ2n) is 8.47. The van der Waals surface area contributed by atoms with Crippen molar-refractivity contribution >= 4 is 22.8 Å². The van der Waals surface area contributed by atoms with E-state index >= 15 is 0 Å². The maximum Gasteiger partial charge on any atom is 0.417 e. The summed E-state index contributed by atoms with van der Waals surface area (Å²) in [6.45, 7) is 1.44. The smallest absolute Gasteiger partial charge is 0.417 e. The van der Waals surface area contributed by atoms with Gasteiger partial charge in [-0.25, -0.2) is 0 Å². The lowest BCUT2D eigenvalue weighted by Gasteiger charge is -2.16. The van der Waals surface area contributed by atoms with Gasteiger partial charge in [-0.2, -0.15) is 13.2 Å². The summed E-state index contributed by atoms with van der Waals surface area (Å²) in [5.74, 6) is -0.961. The van der Waals surface area contributed by atoms with Gasteiger partial charge in [-0.05, 0) is 42.7 Å². The van der Waals surface area contributed by atoms with Gasteiger partial charge in [-0.3, -0.25) is 14.4 Å². The van der Waals surface area contributed by atoms with E-state index in [2.05, 4.69) is 4.98 Å². The number of aromatic amines is 1. The number of hydrogen-bond acceptors (Lipinski definition) is 4. The monoisotopic (exact) mass is 529 g/mol. The Hall–Kier alpha value is -4.54. The number of alkyl halides is 3. The molecule has 0 spiro atoms. The summed E-state index contributed by atoms with van der Waals surface area (Å²) in [4.78, 5) is 36.9. The van der Waals surface area contributed by atoms with Crippen molar-refractivity contribution in [1.29, 1.82) is 0 Å². The van der Waals surface area contributed by atoms with Crippen LogP contribution in [-0.2, 0) is 24.4 Å². The molecule has 0 fully saturated rings. The van der Waals surface area contributed by atoms with Crippen LogP contribution >= 0.6 is 0 Å². The first kappa shape index (κ1) is 28.0. The summed E-state index contributed by atoms with van der Waals surface area (Å²) in [7, 11) is 2.94. The van der Waals surface area contributed by atoms with E-state index in [1.54, 1.807) is 0 Å². The average Bonchev–Trinajstić information content (AvgIpc) is 3.25. The van der Waals surface area contributed by atoms with Gasteiger partial charge in [0.25, 0.3) is 11.5 Å². The average molecular weight is 530 g/mol. The number of para-hydroxylation sites is 1. The molecule has 0 radical (unpaired) electrons. The molecule has 38 heavy (non-hydrogen) atoms. The van der Waals surface area contributed by atoms with Gasteiger partial charge in [-0.15, -0.1) is 0 Å². The van der Waals surface area contributed by atoms with E-state index in [4.69, 9.17) is 15.6 Å². The molecule has 0 atom stereocenters. The summed E-state index contributed by atoms with van der Waals surface area (Å²) in [5.41, 5.74) is 5.32. The van der Waals surface area contributed by atoms with Crippen molar-refractivity contribution in [1.82, 2.24) is 9.55 Å². The van der Waals surface area contributed by atoms with Crippen LogP contribution in [0.1, 0.15) is 33.7 Å². The predicted octanol–water partition coefficient (Wildman–Crippen LogP) is 4.67. The Kier molecular flexibility index (Phi) is 8.29. The highest BCUT2D eigenvalue weighted by atomic mass is 19.4. The van der Waals surface area contributed by atoms with Gasteiger partial charge in [0.1, 0.15) is 5.69 Å². The number of H-pyrrole nitrogens is 1. The van der Waals surface area contributed by atoms with Crippen LogP contribution in [0.25, 0.3) is 22.0 Å². The molecule has 0 bridgehead atoms. The quantitative estimate of drug-likeness (QED) is 0.335. The zero-order chi connectivity index (χ0) is 28.2. The van der Waals surface area contributed by atoms with Crippen LogP contribution < -0.4 is 16.0 Å². The van der Waals surface area contributed by atoms with Crippen molar-refractivity contribution < 1.29 is 32.6 Å². The number of nitrogens with zero attached hydrogens (tertiary/aromatic N) is 1. The minimum absolute atomic E-state index is 0.0700. The van der Waals surface area contributed by atoms with Gasteiger partial charge in [0.2, 0.25) is 0 Å². The number of carboxylic acids is 1. The van der Waals surface area contributed by atoms with Crippen LogP contribution in [0.2, 0.25) is 0 Å². The highest BCUT2D eigenvalue weighted by molar-refractivity contribution is 6.02. The first-order valence-electron chi connectivity index (χ1n) is 11.4. The Bertz CT molecular complexity index is 1540. The third-order valence-electron chi connectivity index (χ3n) is 5.95. The summed E-state index contributed by atoms with van der Waals surface area (Å²) in [5, 5.41) is 9.52. The number of pyridine rings is 1. The summed E-state index contributed by atoms with van der Waals surface area (Å²) in [6, 6.07) is 14.4. The van der Waals surface area contributed by atoms with Crippen molar-refractivity contribution in [3.63, 3.8) is 0 Å². The number of primary amides is 1. The van der Waals surface area contributed by atoms with Gasteiger partial charge in [-0.1, -0.05) is 36.4 Å². The number of benzene rings is 2. The number of amides is 1. The fourth-order valence-corrected chi connectivity index (χ4v) is 3.91. The number of fused-ring (bicyclic) bond motifs is 1. The fourth-order valence-electron chi connectivity index (χ4n) is 3.91. The van der Waals surface area contributed by atoms with Gasteiger partial charge >= 0.3 is 12.1 Å². The zero-order valence-corrected chi connectivity index (χ0v) is 20.8. The van der Waals surface area contributed by atoms with Crippen LogP contribution in [0.5, 0.6) is 5.75 Å². The number of aryl methyl sites for hydroxylation is 2. The largest absolute Gasteiger partial charge is 0.494 e. The first-order chi connectivity index (χ1) is 17.8. The summed E-state index contributed by atoms with van der Waals surface area (Å²) < 4.78 is 46.2. The molecule has 4 N–H and O–H groups in total. The maximum absolute atomic E-state index is 13.3. The van der Waals surface area contributed by atoms with Gasteiger partial charge in [0.05, 0.1) is 18.2 Å². The molecule has 2 aromatic carbocycles. The third-order valence-corrected chi connectivity index (χ3v) is 5.95. The molecule has 11 heteroatoms. The number of carbonyl (C=O) groups is 2. The molecule has 4 rings (SSSR count). The minimum Gasteiger partial charge on any atom is -0.494 e. The van der Waals surface area contributed by atoms with E-state index in [-0.39, 0.29) is 24.1 Å². The van der Waals surface area contributed by atoms with Crippen molar-refractivity contribution in [2.24, 2.45) is 12.8 Å². The number of aromatic nitrogens is 2. The number of methoxy groups -OCH3 is 1. The Labute approximate surface area is 215 Å². The summed E-state index contributed by atoms with van der Waals surface area (Å²) in [6.07, 6.45) is -4.44. The predicted molar refractivity (Wildman–Crippen MR) is 136 cm³/mol. The van der Waals surface area contributed by atoms with Crippen molar-refractivity contribution in [3.8, 4) is 16.9 Å². The number of carbonyl (C=O) groups excluding carboxylic acids is 1. The third kappa shape index (κ3) is 6.05. The number of halogens is 3. The molecule has 0 aliphatic carbocycles. The number of carboxylic acid groups (broad SMARTS) is 1. The Morgan fingerprint density at radius 3 is 2.29 bits per heavy atom. The van der Waals surface area contributed by atoms with E-state index in [9.17, 15) is 27.6 Å². The van der Waals surface area contributed by atoms with Crippen LogP contribution in [0.3, 0.4) is 0 Å². The van der Waals surface area contributed by atoms with Crippen molar-refractivity contribution in [2.45, 2.75) is 25.9 Å². The molecular formula is C27H26F3N3O5. The molecule has 200 valence electrons. The van der Waals surface area contributed by atoms with Gasteiger partial charge in [0.15, 0.2) is 5.75 Å². The Morgan fingerprint density at radius 1 is 1.11 bits per heavy atom. The molecule has 2 heterocycles. The molecule has 0 saturated heterocycles. The normalized spacial score (nSPS) is 11.1. The number of aliphatic carboxylic acids is 1. The minimum atomic E-state index is -4.64. The fraction of sp³-hybridized carbons (Fsp3) is 0.222. The van der Waals surface area contributed by atoms with Crippen LogP contribution in [-0.4, -0.2) is 33.6 Å². The Balaban J connectivity index is 0.000000241. The zero-order valence-electron chi connectivity index (χ0n) is 20.8. The van der Waals surface area contributed by atoms with E-state index in [1.165, 1.54) is 49.9 Å². The van der Waals surface area contributed by atoms with E-state index in [1.807, 2.05) is 24.3 Å². The molecule has 0 aliphatic rings. The number of rotatable bonds is 6. The topological polar surface area (TPSA) is 127 Å². The van der Waals surface area contributed by atoms with Gasteiger partial charge in [0, 0.05) is 30.1 Å². The molecule has 1 amide bonds. The lowest BCUT2D eigenvalue weighted by atomic mass is 9.98. The number of nitrogens with two attached hydrogens (primary N) is 1. The standard InChI is InChI=1S/C17H16F3NO3.C10H10N2O2/c1-10-9-13(17(18,19)20)15(16(24)21(10)2)12-6-3-11(4-7-12)5-8-14(22)23;1-14-9-6-4-2-3-5-7(6)12-8(9)10(11)13/h3-4,6-7,9H,5,8H2,1-2H3,(H,22,23);2-5,12H,1H3,(H2,11,13). The highest BCUT2D eigenvalue weighted by Gasteiger charge is 2.36. The summed E-state index contributed by atoms with van der Waals surface area (Å²) >= 11 is 0.